The molecule has 4 aliphatic carbocycles. The molecule has 5 rings (SSSR count). The van der Waals surface area contributed by atoms with Crippen molar-refractivity contribution >= 4 is 17.9 Å². The minimum atomic E-state index is -1.04. The zero-order valence-electron chi connectivity index (χ0n) is 16.9. The average molecular weight is 394 g/mol. The van der Waals surface area contributed by atoms with E-state index in [9.17, 15) is 19.5 Å². The summed E-state index contributed by atoms with van der Waals surface area (Å²) in [5, 5.41) is 11.2. The predicted molar refractivity (Wildman–Crippen MR) is 96.9 cm³/mol. The summed E-state index contributed by atoms with van der Waals surface area (Å²) < 4.78 is 16.5. The van der Waals surface area contributed by atoms with E-state index in [1.807, 2.05) is 20.8 Å². The molecule has 1 saturated heterocycles. The van der Waals surface area contributed by atoms with Crippen LogP contribution in [0.1, 0.15) is 72.1 Å². The number of carbonyl (C=O) groups excluding carboxylic acids is 3. The van der Waals surface area contributed by atoms with Gasteiger partial charge in [0.2, 0.25) is 6.10 Å². The fraction of sp³-hybridized carbons (Fsp3) is 0.857. The SMILES string of the molecule is CCC(C)(C)C(=O)OC12CC3CC(O)(C1)CC(C(=O)OC1CCOC1=O)(C3)C2. The van der Waals surface area contributed by atoms with Crippen molar-refractivity contribution in [2.75, 3.05) is 6.61 Å². The molecular formula is C21H30O7. The molecular weight excluding hydrogens is 364 g/mol. The summed E-state index contributed by atoms with van der Waals surface area (Å²) in [6.07, 6.45) is 3.04. The number of aliphatic hydroxyl groups is 1. The Morgan fingerprint density at radius 1 is 1.21 bits per heavy atom. The Hall–Kier alpha value is -1.63. The second-order valence-corrected chi connectivity index (χ2v) is 10.2. The average Bonchev–Trinajstić information content (AvgIpc) is 2.97. The monoisotopic (exact) mass is 394 g/mol. The van der Waals surface area contributed by atoms with Gasteiger partial charge in [-0.2, -0.15) is 0 Å². The van der Waals surface area contributed by atoms with Gasteiger partial charge in [-0.25, -0.2) is 4.79 Å². The topological polar surface area (TPSA) is 99.1 Å². The summed E-state index contributed by atoms with van der Waals surface area (Å²) in [5.41, 5.74) is -3.40. The van der Waals surface area contributed by atoms with E-state index in [1.165, 1.54) is 0 Å². The van der Waals surface area contributed by atoms with Crippen LogP contribution in [-0.2, 0) is 28.6 Å². The third-order valence-electron chi connectivity index (χ3n) is 7.30. The second-order valence-electron chi connectivity index (χ2n) is 10.2. The Morgan fingerprint density at radius 2 is 1.96 bits per heavy atom. The quantitative estimate of drug-likeness (QED) is 0.564. The Labute approximate surface area is 165 Å². The first-order valence-corrected chi connectivity index (χ1v) is 10.3. The van der Waals surface area contributed by atoms with Gasteiger partial charge in [-0.1, -0.05) is 6.92 Å². The van der Waals surface area contributed by atoms with Crippen molar-refractivity contribution < 1.29 is 33.7 Å². The fourth-order valence-electron chi connectivity index (χ4n) is 5.96. The smallest absolute Gasteiger partial charge is 0.347 e. The molecule has 7 nitrogen and oxygen atoms in total. The van der Waals surface area contributed by atoms with Crippen LogP contribution in [0.15, 0.2) is 0 Å². The van der Waals surface area contributed by atoms with Crippen LogP contribution in [0, 0.1) is 16.7 Å². The normalized spacial score (nSPS) is 41.6. The van der Waals surface area contributed by atoms with Crippen molar-refractivity contribution in [3.8, 4) is 0 Å². The summed E-state index contributed by atoms with van der Waals surface area (Å²) in [5.74, 6) is -1.16. The number of carbonyl (C=O) groups is 3. The molecule has 0 aromatic heterocycles. The van der Waals surface area contributed by atoms with Crippen LogP contribution in [0.3, 0.4) is 0 Å². The van der Waals surface area contributed by atoms with Crippen molar-refractivity contribution in [1.82, 2.24) is 0 Å². The van der Waals surface area contributed by atoms with Gasteiger partial charge in [0.15, 0.2) is 0 Å². The molecule has 156 valence electrons. The van der Waals surface area contributed by atoms with Gasteiger partial charge in [0.25, 0.3) is 0 Å². The summed E-state index contributed by atoms with van der Waals surface area (Å²) in [4.78, 5) is 37.7. The Bertz CT molecular complexity index is 716. The summed E-state index contributed by atoms with van der Waals surface area (Å²) in [6, 6.07) is 0. The van der Waals surface area contributed by atoms with Gasteiger partial charge in [0, 0.05) is 19.3 Å². The van der Waals surface area contributed by atoms with E-state index in [0.29, 0.717) is 51.4 Å². The van der Waals surface area contributed by atoms with E-state index in [-0.39, 0.29) is 18.5 Å². The Balaban J connectivity index is 1.59. The van der Waals surface area contributed by atoms with E-state index < -0.39 is 40.1 Å². The number of rotatable bonds is 5. The molecule has 1 N–H and O–H groups in total. The van der Waals surface area contributed by atoms with Crippen LogP contribution in [-0.4, -0.2) is 46.9 Å². The van der Waals surface area contributed by atoms with Gasteiger partial charge in [0.05, 0.1) is 23.0 Å². The molecule has 28 heavy (non-hydrogen) atoms. The number of hydrogen-bond acceptors (Lipinski definition) is 7. The third-order valence-corrected chi connectivity index (χ3v) is 7.30. The molecule has 4 saturated carbocycles. The van der Waals surface area contributed by atoms with Gasteiger partial charge >= 0.3 is 17.9 Å². The highest BCUT2D eigenvalue weighted by Crippen LogP contribution is 2.65. The van der Waals surface area contributed by atoms with E-state index in [2.05, 4.69) is 0 Å². The Kier molecular flexibility index (Phi) is 4.34. The summed E-state index contributed by atoms with van der Waals surface area (Å²) in [7, 11) is 0. The molecule has 1 heterocycles. The minimum Gasteiger partial charge on any atom is -0.463 e. The van der Waals surface area contributed by atoms with Crippen LogP contribution in [0.2, 0.25) is 0 Å². The first-order chi connectivity index (χ1) is 13.0. The number of cyclic esters (lactones) is 1. The summed E-state index contributed by atoms with van der Waals surface area (Å²) >= 11 is 0. The van der Waals surface area contributed by atoms with Crippen LogP contribution >= 0.6 is 0 Å². The zero-order chi connectivity index (χ0) is 20.4. The first-order valence-electron chi connectivity index (χ1n) is 10.3. The molecule has 5 fully saturated rings. The number of hydrogen-bond donors (Lipinski definition) is 1. The maximum absolute atomic E-state index is 13.1. The minimum absolute atomic E-state index is 0.0990. The molecule has 4 bridgehead atoms. The fourth-order valence-corrected chi connectivity index (χ4v) is 5.96. The highest BCUT2D eigenvalue weighted by atomic mass is 16.6. The van der Waals surface area contributed by atoms with Gasteiger partial charge < -0.3 is 19.3 Å². The van der Waals surface area contributed by atoms with E-state index in [4.69, 9.17) is 14.2 Å². The molecule has 5 unspecified atom stereocenters. The maximum Gasteiger partial charge on any atom is 0.347 e. The van der Waals surface area contributed by atoms with Crippen molar-refractivity contribution in [2.45, 2.75) is 89.4 Å². The molecule has 5 aliphatic rings. The molecule has 0 aromatic rings. The lowest BCUT2D eigenvalue weighted by Crippen LogP contribution is -2.66. The lowest BCUT2D eigenvalue weighted by Gasteiger charge is -2.63. The van der Waals surface area contributed by atoms with Gasteiger partial charge in [-0.05, 0) is 51.9 Å². The molecule has 0 spiro atoms. The molecule has 1 aliphatic heterocycles. The van der Waals surface area contributed by atoms with E-state index in [1.54, 1.807) is 0 Å². The number of ether oxygens (including phenoxy) is 3. The summed E-state index contributed by atoms with van der Waals surface area (Å²) in [6.45, 7) is 5.89. The van der Waals surface area contributed by atoms with Gasteiger partial charge in [-0.15, -0.1) is 0 Å². The van der Waals surface area contributed by atoms with Gasteiger partial charge in [-0.3, -0.25) is 9.59 Å². The zero-order valence-corrected chi connectivity index (χ0v) is 16.9. The predicted octanol–water partition coefficient (Wildman–Crippen LogP) is 2.28. The largest absolute Gasteiger partial charge is 0.463 e. The van der Waals surface area contributed by atoms with Crippen LogP contribution < -0.4 is 0 Å². The second kappa shape index (κ2) is 6.18. The molecule has 0 radical (unpaired) electrons. The van der Waals surface area contributed by atoms with Crippen LogP contribution in [0.4, 0.5) is 0 Å². The van der Waals surface area contributed by atoms with Crippen molar-refractivity contribution in [3.05, 3.63) is 0 Å². The molecule has 0 amide bonds. The molecule has 7 heteroatoms. The molecule has 0 aromatic carbocycles. The Morgan fingerprint density at radius 3 is 2.57 bits per heavy atom. The van der Waals surface area contributed by atoms with Crippen molar-refractivity contribution in [1.29, 1.82) is 0 Å². The van der Waals surface area contributed by atoms with Gasteiger partial charge in [0.1, 0.15) is 5.60 Å². The maximum atomic E-state index is 13.1. The third kappa shape index (κ3) is 3.11. The highest BCUT2D eigenvalue weighted by Gasteiger charge is 2.68. The lowest BCUT2D eigenvalue weighted by atomic mass is 9.46. The molecule has 5 atom stereocenters. The van der Waals surface area contributed by atoms with Crippen LogP contribution in [0.25, 0.3) is 0 Å². The highest BCUT2D eigenvalue weighted by molar-refractivity contribution is 5.84. The standard InChI is InChI=1S/C21H30O7/c1-4-18(2,3)16(23)28-21-9-13-7-19(11-21,10-20(25,8-13)12-21)17(24)27-14-5-6-26-15(14)22/h13-14,25H,4-12H2,1-3H3. The lowest BCUT2D eigenvalue weighted by molar-refractivity contribution is -0.251. The van der Waals surface area contributed by atoms with Crippen LogP contribution in [0.5, 0.6) is 0 Å². The van der Waals surface area contributed by atoms with E-state index in [0.717, 1.165) is 0 Å². The number of esters is 3. The van der Waals surface area contributed by atoms with E-state index >= 15 is 0 Å². The van der Waals surface area contributed by atoms with Crippen molar-refractivity contribution in [3.63, 3.8) is 0 Å². The first kappa shape index (κ1) is 19.7. The van der Waals surface area contributed by atoms with Crippen molar-refractivity contribution in [2.24, 2.45) is 16.7 Å².